The first kappa shape index (κ1) is 20.7. The molecule has 0 atom stereocenters. The smallest absolute Gasteiger partial charge is 0.123 e. The summed E-state index contributed by atoms with van der Waals surface area (Å²) in [5.41, 5.74) is 7.15. The molecule has 2 heterocycles. The number of thiazole rings is 2. The third-order valence-corrected chi connectivity index (χ3v) is 8.02. The van der Waals surface area contributed by atoms with Gasteiger partial charge in [-0.05, 0) is 22.3 Å². The fourth-order valence-corrected chi connectivity index (χ4v) is 5.82. The maximum Gasteiger partial charge on any atom is 0.123 e. The molecule has 0 fully saturated rings. The number of benzene rings is 4. The molecule has 0 aliphatic carbocycles. The Hall–Kier alpha value is -3.86. The van der Waals surface area contributed by atoms with E-state index in [1.165, 1.54) is 22.3 Å². The largest absolute Gasteiger partial charge is 0.244 e. The lowest BCUT2D eigenvalue weighted by molar-refractivity contribution is 1.40. The lowest BCUT2D eigenvalue weighted by Gasteiger charge is -2.02. The number of aromatic nitrogens is 2. The van der Waals surface area contributed by atoms with Crippen LogP contribution in [0.5, 0.6) is 0 Å². The van der Waals surface area contributed by atoms with E-state index in [1.807, 2.05) is 24.5 Å². The van der Waals surface area contributed by atoms with E-state index in [1.54, 1.807) is 22.7 Å². The van der Waals surface area contributed by atoms with E-state index in [0.29, 0.717) is 0 Å². The van der Waals surface area contributed by atoms with Crippen LogP contribution < -0.4 is 0 Å². The van der Waals surface area contributed by atoms with Gasteiger partial charge in [0.15, 0.2) is 0 Å². The fourth-order valence-electron chi connectivity index (χ4n) is 3.91. The average molecular weight is 473 g/mol. The van der Waals surface area contributed by atoms with Crippen molar-refractivity contribution in [3.63, 3.8) is 0 Å². The second-order valence-corrected chi connectivity index (χ2v) is 10.0. The summed E-state index contributed by atoms with van der Waals surface area (Å²) in [5, 5.41) is 2.05. The van der Waals surface area contributed by atoms with Crippen molar-refractivity contribution in [1.82, 2.24) is 9.97 Å². The van der Waals surface area contributed by atoms with Crippen LogP contribution in [-0.2, 0) is 0 Å². The summed E-state index contributed by atoms with van der Waals surface area (Å²) in [6.07, 6.45) is 3.92. The molecule has 0 radical (unpaired) electrons. The van der Waals surface area contributed by atoms with E-state index in [-0.39, 0.29) is 0 Å². The first-order chi connectivity index (χ1) is 16.8. The van der Waals surface area contributed by atoms with E-state index < -0.39 is 0 Å². The lowest BCUT2D eigenvalue weighted by atomic mass is 10.0. The molecule has 0 amide bonds. The molecule has 0 saturated carbocycles. The van der Waals surface area contributed by atoms with Crippen LogP contribution in [0.4, 0.5) is 0 Å². The molecule has 0 unspecified atom stereocenters. The van der Waals surface area contributed by atoms with Crippen molar-refractivity contribution in [2.45, 2.75) is 0 Å². The SMILES string of the molecule is c1ccc(-c2ccc(-c3ncc(-c4cnc(-c5ccc(-c6ccccc6)cc5)s4)s3)cc2)cc1. The van der Waals surface area contributed by atoms with Crippen LogP contribution in [0.2, 0.25) is 0 Å². The summed E-state index contributed by atoms with van der Waals surface area (Å²) in [5.74, 6) is 0. The van der Waals surface area contributed by atoms with Crippen molar-refractivity contribution in [1.29, 1.82) is 0 Å². The van der Waals surface area contributed by atoms with E-state index in [4.69, 9.17) is 0 Å². The van der Waals surface area contributed by atoms with Crippen molar-refractivity contribution < 1.29 is 0 Å². The third-order valence-electron chi connectivity index (χ3n) is 5.73. The maximum absolute atomic E-state index is 4.69. The molecule has 4 heteroatoms. The van der Waals surface area contributed by atoms with Crippen LogP contribution in [0, 0.1) is 0 Å². The molecule has 0 spiro atoms. The molecule has 0 aliphatic heterocycles. The summed E-state index contributed by atoms with van der Waals surface area (Å²) in [7, 11) is 0. The zero-order valence-corrected chi connectivity index (χ0v) is 19.9. The second kappa shape index (κ2) is 9.18. The van der Waals surface area contributed by atoms with Gasteiger partial charge in [-0.3, -0.25) is 0 Å². The van der Waals surface area contributed by atoms with E-state index in [0.717, 1.165) is 30.9 Å². The van der Waals surface area contributed by atoms with Gasteiger partial charge < -0.3 is 0 Å². The van der Waals surface area contributed by atoms with Gasteiger partial charge in [0, 0.05) is 23.5 Å². The zero-order chi connectivity index (χ0) is 22.7. The van der Waals surface area contributed by atoms with Gasteiger partial charge in [0.1, 0.15) is 10.0 Å². The number of hydrogen-bond acceptors (Lipinski definition) is 4. The summed E-state index contributed by atoms with van der Waals surface area (Å²) in [4.78, 5) is 11.7. The Bertz CT molecular complexity index is 1400. The van der Waals surface area contributed by atoms with E-state index in [2.05, 4.69) is 107 Å². The molecule has 0 bridgehead atoms. The molecular weight excluding hydrogens is 452 g/mol. The molecule has 2 nitrogen and oxygen atoms in total. The minimum Gasteiger partial charge on any atom is -0.244 e. The van der Waals surface area contributed by atoms with E-state index in [9.17, 15) is 0 Å². The van der Waals surface area contributed by atoms with Crippen LogP contribution >= 0.6 is 22.7 Å². The van der Waals surface area contributed by atoms with Crippen LogP contribution in [0.25, 0.3) is 53.2 Å². The van der Waals surface area contributed by atoms with Gasteiger partial charge in [0.2, 0.25) is 0 Å². The minimum atomic E-state index is 1.02. The minimum absolute atomic E-state index is 1.02. The Balaban J connectivity index is 1.21. The Morgan fingerprint density at radius 3 is 1.06 bits per heavy atom. The van der Waals surface area contributed by atoms with Crippen molar-refractivity contribution in [3.8, 4) is 53.2 Å². The van der Waals surface area contributed by atoms with Gasteiger partial charge in [0.25, 0.3) is 0 Å². The quantitative estimate of drug-likeness (QED) is 0.250. The summed E-state index contributed by atoms with van der Waals surface area (Å²) in [6.45, 7) is 0. The molecule has 2 aromatic heterocycles. The molecule has 162 valence electrons. The molecule has 6 rings (SSSR count). The van der Waals surface area contributed by atoms with Gasteiger partial charge in [-0.15, -0.1) is 22.7 Å². The Labute approximate surface area is 206 Å². The lowest BCUT2D eigenvalue weighted by Crippen LogP contribution is -1.78. The van der Waals surface area contributed by atoms with Gasteiger partial charge in [-0.1, -0.05) is 109 Å². The third kappa shape index (κ3) is 4.21. The number of hydrogen-bond donors (Lipinski definition) is 0. The maximum atomic E-state index is 4.69. The van der Waals surface area contributed by atoms with Crippen molar-refractivity contribution >= 4 is 22.7 Å². The summed E-state index contributed by atoms with van der Waals surface area (Å²) >= 11 is 3.42. The van der Waals surface area contributed by atoms with Gasteiger partial charge in [0.05, 0.1) is 9.75 Å². The molecule has 0 saturated heterocycles. The van der Waals surface area contributed by atoms with Crippen LogP contribution in [0.15, 0.2) is 122 Å². The molecule has 4 aromatic carbocycles. The Kier molecular flexibility index (Phi) is 5.60. The molecule has 6 aromatic rings. The van der Waals surface area contributed by atoms with Crippen molar-refractivity contribution in [2.75, 3.05) is 0 Å². The Morgan fingerprint density at radius 2 is 0.676 bits per heavy atom. The zero-order valence-electron chi connectivity index (χ0n) is 18.3. The highest BCUT2D eigenvalue weighted by Crippen LogP contribution is 2.38. The van der Waals surface area contributed by atoms with Crippen molar-refractivity contribution in [2.24, 2.45) is 0 Å². The predicted molar refractivity (Wildman–Crippen MR) is 145 cm³/mol. The summed E-state index contributed by atoms with van der Waals surface area (Å²) in [6, 6.07) is 38.1. The summed E-state index contributed by atoms with van der Waals surface area (Å²) < 4.78 is 0. The topological polar surface area (TPSA) is 25.8 Å². The fraction of sp³-hybridized carbons (Fsp3) is 0. The predicted octanol–water partition coefficient (Wildman–Crippen LogP) is 8.93. The van der Waals surface area contributed by atoms with Crippen molar-refractivity contribution in [3.05, 3.63) is 122 Å². The normalized spacial score (nSPS) is 10.9. The molecular formula is C30H20N2S2. The van der Waals surface area contributed by atoms with Gasteiger partial charge >= 0.3 is 0 Å². The molecule has 0 N–H and O–H groups in total. The van der Waals surface area contributed by atoms with Gasteiger partial charge in [-0.25, -0.2) is 9.97 Å². The van der Waals surface area contributed by atoms with E-state index >= 15 is 0 Å². The van der Waals surface area contributed by atoms with Crippen LogP contribution in [-0.4, -0.2) is 9.97 Å². The highest BCUT2D eigenvalue weighted by molar-refractivity contribution is 7.24. The number of nitrogens with zero attached hydrogens (tertiary/aromatic N) is 2. The van der Waals surface area contributed by atoms with Crippen LogP contribution in [0.3, 0.4) is 0 Å². The highest BCUT2D eigenvalue weighted by Gasteiger charge is 2.12. The monoisotopic (exact) mass is 472 g/mol. The average Bonchev–Trinajstić information content (AvgIpc) is 3.61. The second-order valence-electron chi connectivity index (χ2n) is 7.95. The Morgan fingerprint density at radius 1 is 0.353 bits per heavy atom. The molecule has 34 heavy (non-hydrogen) atoms. The van der Waals surface area contributed by atoms with Gasteiger partial charge in [-0.2, -0.15) is 0 Å². The highest BCUT2D eigenvalue weighted by atomic mass is 32.1. The first-order valence-electron chi connectivity index (χ1n) is 11.1. The first-order valence-corrected chi connectivity index (χ1v) is 12.7. The standard InChI is InChI=1S/C30H20N2S2/c1-3-7-21(8-4-1)23-11-15-25(16-12-23)29-31-19-27(33-29)28-20-32-30(34-28)26-17-13-24(14-18-26)22-9-5-2-6-10-22/h1-20H. The van der Waals surface area contributed by atoms with Crippen LogP contribution in [0.1, 0.15) is 0 Å². The molecule has 0 aliphatic rings. The number of rotatable bonds is 5.